The lowest BCUT2D eigenvalue weighted by atomic mass is 9.99. The summed E-state index contributed by atoms with van der Waals surface area (Å²) in [7, 11) is -4.30. The quantitative estimate of drug-likeness (QED) is 0.390. The molecule has 2 heterocycles. The highest BCUT2D eigenvalue weighted by molar-refractivity contribution is 7.59. The molecule has 1 aliphatic rings. The van der Waals surface area contributed by atoms with Gasteiger partial charge in [-0.25, -0.2) is 4.79 Å². The molecule has 11 heteroatoms. The van der Waals surface area contributed by atoms with Gasteiger partial charge in [-0.3, -0.25) is 19.1 Å². The zero-order valence-corrected chi connectivity index (χ0v) is 12.4. The lowest BCUT2D eigenvalue weighted by Gasteiger charge is -2.24. The van der Waals surface area contributed by atoms with Gasteiger partial charge in [0, 0.05) is 18.7 Å². The van der Waals surface area contributed by atoms with Gasteiger partial charge in [0.1, 0.15) is 11.7 Å². The molecular formula is C11H16N2O8P+. The third-order valence-corrected chi connectivity index (χ3v) is 3.99. The van der Waals surface area contributed by atoms with E-state index in [4.69, 9.17) is 19.4 Å². The molecule has 122 valence electrons. The van der Waals surface area contributed by atoms with Crippen molar-refractivity contribution in [3.8, 4) is 0 Å². The number of rotatable bonds is 4. The smallest absolute Gasteiger partial charge is 0.385 e. The minimum atomic E-state index is -4.30. The number of hydrogen-bond donors (Lipinski definition) is 5. The second-order valence-corrected chi connectivity index (χ2v) is 7.07. The summed E-state index contributed by atoms with van der Waals surface area (Å²) in [6.45, 7) is 1.34. The fourth-order valence-corrected chi connectivity index (χ4v) is 2.93. The summed E-state index contributed by atoms with van der Waals surface area (Å²) in [4.78, 5) is 63.4. The predicted octanol–water partition coefficient (Wildman–Crippen LogP) is -2.12. The normalized spacial score (nSPS) is 28.8. The molecule has 0 amide bonds. The van der Waals surface area contributed by atoms with Crippen LogP contribution in [0, 0.1) is 0 Å². The zero-order valence-electron chi connectivity index (χ0n) is 11.5. The van der Waals surface area contributed by atoms with Crippen LogP contribution >= 0.6 is 7.94 Å². The van der Waals surface area contributed by atoms with E-state index in [0.29, 0.717) is 0 Å². The lowest BCUT2D eigenvalue weighted by Crippen LogP contribution is -2.40. The van der Waals surface area contributed by atoms with E-state index in [1.807, 2.05) is 4.98 Å². The Hall–Kier alpha value is -1.42. The van der Waals surface area contributed by atoms with Gasteiger partial charge in [-0.15, -0.1) is 0 Å². The summed E-state index contributed by atoms with van der Waals surface area (Å²) in [6.07, 6.45) is -2.45. The van der Waals surface area contributed by atoms with Gasteiger partial charge < -0.3 is 9.84 Å². The van der Waals surface area contributed by atoms with Crippen molar-refractivity contribution in [2.75, 3.05) is 6.16 Å². The Bertz CT molecular complexity index is 688. The summed E-state index contributed by atoms with van der Waals surface area (Å²) >= 11 is 0. The number of ether oxygens (including phenoxy) is 1. The average Bonchev–Trinajstić information content (AvgIpc) is 2.63. The van der Waals surface area contributed by atoms with Crippen molar-refractivity contribution in [1.82, 2.24) is 9.55 Å². The number of hydrogen-bond acceptors (Lipinski definition) is 8. The Kier molecular flexibility index (Phi) is 4.35. The van der Waals surface area contributed by atoms with E-state index in [1.54, 1.807) is 0 Å². The van der Waals surface area contributed by atoms with Gasteiger partial charge in [0.25, 0.3) is 5.56 Å². The second kappa shape index (κ2) is 5.65. The maximum Gasteiger partial charge on any atom is 0.411 e. The Morgan fingerprint density at radius 1 is 1.50 bits per heavy atom. The number of aromatic nitrogens is 2. The molecule has 1 saturated heterocycles. The Morgan fingerprint density at radius 2 is 2.14 bits per heavy atom. The molecule has 1 aromatic rings. The minimum absolute atomic E-state index is 0.206. The van der Waals surface area contributed by atoms with Crippen molar-refractivity contribution in [3.05, 3.63) is 33.1 Å². The lowest BCUT2D eigenvalue weighted by molar-refractivity contribution is -0.132. The predicted molar refractivity (Wildman–Crippen MR) is 73.9 cm³/mol. The van der Waals surface area contributed by atoms with E-state index in [0.717, 1.165) is 16.8 Å². The minimum Gasteiger partial charge on any atom is -0.385 e. The molecule has 10 nitrogen and oxygen atoms in total. The first-order valence-electron chi connectivity index (χ1n) is 6.28. The summed E-state index contributed by atoms with van der Waals surface area (Å²) in [5.74, 6) is -0.805. The summed E-state index contributed by atoms with van der Waals surface area (Å²) in [6, 6.07) is 1.06. The Balaban J connectivity index is 2.26. The Labute approximate surface area is 124 Å². The van der Waals surface area contributed by atoms with Crippen molar-refractivity contribution in [3.63, 3.8) is 0 Å². The molecule has 3 atom stereocenters. The standard InChI is InChI=1S/C11H15N2O8P/c1-11(17)4-7(6(14)5-22(18,19)20)21-9(11)13-3-2-8(15)12-10(13)16/h2-3,7,9,17-20H,4-5H2,1H3/p+1. The molecule has 0 aromatic carbocycles. The van der Waals surface area contributed by atoms with Crippen LogP contribution in [-0.4, -0.2) is 53.0 Å². The molecule has 0 aliphatic carbocycles. The molecule has 0 radical (unpaired) electrons. The Morgan fingerprint density at radius 3 is 2.68 bits per heavy atom. The molecule has 1 aliphatic heterocycles. The van der Waals surface area contributed by atoms with E-state index in [2.05, 4.69) is 0 Å². The number of ketones is 1. The third kappa shape index (κ3) is 3.67. The van der Waals surface area contributed by atoms with Gasteiger partial charge >= 0.3 is 13.6 Å². The van der Waals surface area contributed by atoms with Crippen LogP contribution in [0.2, 0.25) is 0 Å². The first-order chi connectivity index (χ1) is 9.99. The van der Waals surface area contributed by atoms with E-state index in [9.17, 15) is 19.5 Å². The van der Waals surface area contributed by atoms with Crippen molar-refractivity contribution >= 4 is 13.7 Å². The number of aliphatic hydroxyl groups is 1. The number of nitrogens with one attached hydrogen (secondary N) is 1. The van der Waals surface area contributed by atoms with Crippen LogP contribution in [0.15, 0.2) is 21.9 Å². The molecule has 22 heavy (non-hydrogen) atoms. The first-order valence-corrected chi connectivity index (χ1v) is 8.11. The second-order valence-electron chi connectivity index (χ2n) is 5.37. The highest BCUT2D eigenvalue weighted by Gasteiger charge is 2.50. The summed E-state index contributed by atoms with van der Waals surface area (Å²) < 4.78 is 6.24. The molecule has 3 unspecified atom stereocenters. The molecule has 2 rings (SSSR count). The number of H-pyrrole nitrogens is 1. The fraction of sp³-hybridized carbons (Fsp3) is 0.545. The fourth-order valence-electron chi connectivity index (χ4n) is 2.30. The van der Waals surface area contributed by atoms with Gasteiger partial charge in [0.05, 0.1) is 0 Å². The molecule has 0 bridgehead atoms. The molecule has 1 aromatic heterocycles. The van der Waals surface area contributed by atoms with Crippen LogP contribution in [-0.2, 0) is 9.53 Å². The van der Waals surface area contributed by atoms with Gasteiger partial charge in [-0.2, -0.15) is 14.7 Å². The van der Waals surface area contributed by atoms with Gasteiger partial charge in [0.2, 0.25) is 11.9 Å². The maximum atomic E-state index is 11.8. The van der Waals surface area contributed by atoms with Gasteiger partial charge in [0.15, 0.2) is 6.23 Å². The highest BCUT2D eigenvalue weighted by atomic mass is 31.2. The van der Waals surface area contributed by atoms with Crippen LogP contribution in [0.5, 0.6) is 0 Å². The van der Waals surface area contributed by atoms with Crippen LogP contribution in [0.1, 0.15) is 19.6 Å². The molecule has 0 spiro atoms. The number of aromatic amines is 1. The van der Waals surface area contributed by atoms with Crippen LogP contribution in [0.4, 0.5) is 0 Å². The van der Waals surface area contributed by atoms with Gasteiger partial charge in [-0.1, -0.05) is 0 Å². The number of nitrogens with zero attached hydrogens (tertiary/aromatic N) is 1. The monoisotopic (exact) mass is 335 g/mol. The van der Waals surface area contributed by atoms with E-state index >= 15 is 0 Å². The van der Waals surface area contributed by atoms with Crippen LogP contribution < -0.4 is 11.2 Å². The maximum absolute atomic E-state index is 11.8. The van der Waals surface area contributed by atoms with Crippen molar-refractivity contribution in [2.24, 2.45) is 0 Å². The number of carbonyl (C=O) groups is 1. The topological polar surface area (TPSA) is 162 Å². The summed E-state index contributed by atoms with van der Waals surface area (Å²) in [5, 5.41) is 10.3. The van der Waals surface area contributed by atoms with Gasteiger partial charge in [-0.05, 0) is 6.92 Å². The van der Waals surface area contributed by atoms with Crippen molar-refractivity contribution in [2.45, 2.75) is 31.3 Å². The summed E-state index contributed by atoms with van der Waals surface area (Å²) in [5.41, 5.74) is -3.05. The number of Topliss-reactive ketones (excluding diaryl/α,β-unsaturated/α-hetero) is 1. The highest BCUT2D eigenvalue weighted by Crippen LogP contribution is 2.46. The van der Waals surface area contributed by atoms with E-state index < -0.39 is 49.1 Å². The average molecular weight is 335 g/mol. The first kappa shape index (κ1) is 16.9. The SMILES string of the molecule is CC1(O)CC(C(=O)C[P+](O)(O)O)OC1n1ccc(=O)[nH]c1=O. The number of carbonyl (C=O) groups excluding carboxylic acids is 1. The van der Waals surface area contributed by atoms with Crippen LogP contribution in [0.25, 0.3) is 0 Å². The van der Waals surface area contributed by atoms with E-state index in [1.165, 1.54) is 6.92 Å². The molecule has 5 N–H and O–H groups in total. The molecule has 0 saturated carbocycles. The van der Waals surface area contributed by atoms with E-state index in [-0.39, 0.29) is 6.42 Å². The zero-order chi connectivity index (χ0) is 16.7. The third-order valence-electron chi connectivity index (χ3n) is 3.25. The largest absolute Gasteiger partial charge is 0.411 e. The molecule has 1 fully saturated rings. The van der Waals surface area contributed by atoms with Crippen molar-refractivity contribution in [1.29, 1.82) is 0 Å². The van der Waals surface area contributed by atoms with Crippen LogP contribution in [0.3, 0.4) is 0 Å². The molecular weight excluding hydrogens is 319 g/mol. The van der Waals surface area contributed by atoms with Crippen molar-refractivity contribution < 1.29 is 29.3 Å².